The van der Waals surface area contributed by atoms with Crippen molar-refractivity contribution >= 4 is 0 Å². The summed E-state index contributed by atoms with van der Waals surface area (Å²) >= 11 is 0. The molecule has 0 bridgehead atoms. The quantitative estimate of drug-likeness (QED) is 0.227. The summed E-state index contributed by atoms with van der Waals surface area (Å²) in [5.74, 6) is 0. The zero-order valence-corrected chi connectivity index (χ0v) is 0. The van der Waals surface area contributed by atoms with Gasteiger partial charge in [0.15, 0.2) is 0 Å². The summed E-state index contributed by atoms with van der Waals surface area (Å²) in [6, 6.07) is 0. The maximum absolute atomic E-state index is 0. The van der Waals surface area contributed by atoms with Gasteiger partial charge in [-0.05, 0) is 0 Å². The van der Waals surface area contributed by atoms with Gasteiger partial charge in [-0.1, -0.05) is 958 Å². The van der Waals surface area contributed by atoms with Gasteiger partial charge >= 0.3 is 0 Å². The molecule has 0 N–H and O–H groups in total. The van der Waals surface area contributed by atoms with Gasteiger partial charge in [-0.25, -0.2) is 0 Å². The average molecular weight is 2070 g/mol. The number of hydrogen-bond acceptors (Lipinski definition) is 0. The third-order valence-electron chi connectivity index (χ3n) is 0. The minimum atomic E-state index is 0. The van der Waals surface area contributed by atoms with E-state index in [2.05, 4.69) is 0 Å². The topological polar surface area (TPSA) is 0 Å². The third-order valence-corrected chi connectivity index (χ3v) is 0. The minimum Gasteiger partial charge on any atom is -0.0776 e. The van der Waals surface area contributed by atoms with Crippen LogP contribution in [0.4, 0.5) is 0 Å². The number of rotatable bonds is 0. The summed E-state index contributed by atoms with van der Waals surface area (Å²) in [7, 11) is 0. The lowest BCUT2D eigenvalue weighted by atomic mass is 12.0. The zero-order valence-electron chi connectivity index (χ0n) is 0. The molecule has 1032 valence electrons. The zero-order chi connectivity index (χ0) is 0. The van der Waals surface area contributed by atoms with Gasteiger partial charge in [-0.2, -0.15) is 0 Å². The summed E-state index contributed by atoms with van der Waals surface area (Å²) < 4.78 is 0. The van der Waals surface area contributed by atoms with E-state index in [9.17, 15) is 0 Å². The fraction of sp³-hybridized carbons (Fsp3) is 1.00. The second-order valence-corrected chi connectivity index (χ2v) is 0. The molecule has 0 aliphatic carbocycles. The van der Waals surface area contributed by atoms with Gasteiger partial charge in [0.2, 0.25) is 0 Å². The molecule has 0 saturated carbocycles. The Morgan fingerprint density at radius 2 is 0.00775 bits per heavy atom. The predicted octanol–water partition coefficient (Wildman–Crippen LogP) is 82.1. The molecule has 0 saturated heterocycles. The van der Waals surface area contributed by atoms with Crippen LogP contribution in [0, 0.1) is 0 Å². The van der Waals surface area contributed by atoms with Gasteiger partial charge in [0.05, 0.1) is 0 Å². The van der Waals surface area contributed by atoms with Gasteiger partial charge in [0.1, 0.15) is 0 Å². The molecule has 0 rings (SSSR count). The lowest BCUT2D eigenvalue weighted by Crippen LogP contribution is 0.143. The van der Waals surface area contributed by atoms with E-state index in [1.165, 1.54) is 0 Å². The first-order valence-corrected chi connectivity index (χ1v) is 0. The van der Waals surface area contributed by atoms with Gasteiger partial charge in [0, 0.05) is 0 Å². The van der Waals surface area contributed by atoms with E-state index < -0.39 is 0 Å². The summed E-state index contributed by atoms with van der Waals surface area (Å²) in [6.07, 6.45) is 0. The largest absolute Gasteiger partial charge is 0.0776 e. The molecule has 0 radical (unpaired) electrons. The molecule has 0 aromatic rings. The molecule has 0 amide bonds. The van der Waals surface area contributed by atoms with E-state index in [0.29, 0.717) is 0 Å². The summed E-state index contributed by atoms with van der Waals surface area (Å²) in [5, 5.41) is 0. The SMILES string of the molecule is C.C.C.C.C.C.C.C.C.C.C.C.C.C.C.C.C.C.C.C.C.C.C.C.C.C.C.C.C.C.C.C.C.C.C.C.C.C.C.C.C.C.C.C.C.C.C.C.C.C.C.C.C.C.C.C.C.C.C.C.C.C.C.C.C.C.C.C.C.C.C.C.C.C.C.C.C.C.C.C.C.C.C.C.C.C.C.C.C.C.C.C.C.C.C.C.C.C.C.C.C.C.C.C.C.C.C.C.C.C.C.C.C.C.C.C.C.C.C.C.C.C.C.C.C.C.C.C.C. The molecule has 0 aliphatic rings. The Morgan fingerprint density at radius 3 is 0.00775 bits per heavy atom. The first kappa shape index (κ1) is 0. The molecular weight excluding hydrogens is 1550 g/mol. The monoisotopic (exact) mass is 2070 g/mol. The van der Waals surface area contributed by atoms with Crippen molar-refractivity contribution in [3.8, 4) is 0 Å². The van der Waals surface area contributed by atoms with E-state index in [0.717, 1.165) is 0 Å². The molecule has 0 unspecified atom stereocenters. The maximum Gasteiger partial charge on any atom is -0.0776 e. The first-order chi connectivity index (χ1) is 0. The van der Waals surface area contributed by atoms with Crippen LogP contribution in [-0.4, -0.2) is 0 Å². The Kier molecular flexibility index (Phi) is 0. The van der Waals surface area contributed by atoms with E-state index in [-0.39, 0.29) is 958 Å². The standard InChI is InChI=1S/129CH4/h129*1H4. The Balaban J connectivity index is 0. The smallest absolute Gasteiger partial charge is 0.0776 e. The van der Waals surface area contributed by atoms with Crippen molar-refractivity contribution in [1.29, 1.82) is 0 Å². The molecule has 0 nitrogen and oxygen atoms in total. The van der Waals surface area contributed by atoms with Crippen LogP contribution in [0.25, 0.3) is 0 Å². The van der Waals surface area contributed by atoms with Gasteiger partial charge in [-0.15, -0.1) is 0 Å². The lowest BCUT2D eigenvalue weighted by Gasteiger charge is -0.0786. The van der Waals surface area contributed by atoms with E-state index in [1.54, 1.807) is 0 Å². The highest BCUT2D eigenvalue weighted by Crippen LogP contribution is 0.272. The lowest BCUT2D eigenvalue weighted by molar-refractivity contribution is 2.50. The summed E-state index contributed by atoms with van der Waals surface area (Å²) in [5.41, 5.74) is 0. The molecule has 0 atom stereocenters. The van der Waals surface area contributed by atoms with Crippen molar-refractivity contribution in [3.05, 3.63) is 0 Å². The van der Waals surface area contributed by atoms with Crippen molar-refractivity contribution in [2.24, 2.45) is 0 Å². The predicted molar refractivity (Wildman–Crippen MR) is 868 cm³/mol. The summed E-state index contributed by atoms with van der Waals surface area (Å²) in [4.78, 5) is 0. The van der Waals surface area contributed by atoms with Crippen molar-refractivity contribution < 1.29 is 0 Å². The van der Waals surface area contributed by atoms with Crippen LogP contribution in [0.15, 0.2) is 0 Å². The molecule has 0 heterocycles. The van der Waals surface area contributed by atoms with E-state index in [4.69, 9.17) is 0 Å². The Morgan fingerprint density at radius 1 is 0.00775 bits per heavy atom. The Labute approximate surface area is 952 Å². The van der Waals surface area contributed by atoms with E-state index >= 15 is 0 Å². The highest BCUT2D eigenvalue weighted by atomic mass is 12.1. The molecule has 0 spiro atoms. The number of hydrogen-bond donors (Lipinski definition) is 0. The highest BCUT2D eigenvalue weighted by Gasteiger charge is 0.0504. The Hall–Kier alpha value is 0. The van der Waals surface area contributed by atoms with Gasteiger partial charge in [-0.3, -0.25) is 0 Å². The van der Waals surface area contributed by atoms with Gasteiger partial charge < -0.3 is 0 Å². The maximum atomic E-state index is 0. The van der Waals surface area contributed by atoms with Crippen molar-refractivity contribution in [2.45, 2.75) is 958 Å². The summed E-state index contributed by atoms with van der Waals surface area (Å²) in [6.45, 7) is 0. The van der Waals surface area contributed by atoms with Crippen molar-refractivity contribution in [3.63, 3.8) is 0 Å². The fourth-order valence-corrected chi connectivity index (χ4v) is 0. The van der Waals surface area contributed by atoms with E-state index in [1.807, 2.05) is 0 Å². The van der Waals surface area contributed by atoms with Crippen LogP contribution >= 0.6 is 0 Å². The molecule has 0 aromatic carbocycles. The molecule has 129 heavy (non-hydrogen) atoms. The minimum absolute atomic E-state index is 0. The van der Waals surface area contributed by atoms with Gasteiger partial charge in [0.25, 0.3) is 0 Å². The molecule has 0 aliphatic heterocycles. The van der Waals surface area contributed by atoms with Crippen LogP contribution in [0.3, 0.4) is 0 Å². The normalized spacial score (nSPS) is 0. The molecular formula is C129H516. The first-order valence-electron chi connectivity index (χ1n) is 0. The van der Waals surface area contributed by atoms with Crippen LogP contribution < -0.4 is 0 Å². The van der Waals surface area contributed by atoms with Crippen molar-refractivity contribution in [1.82, 2.24) is 0 Å². The molecule has 0 fully saturated rings. The molecule has 0 heteroatoms. The van der Waals surface area contributed by atoms with Crippen molar-refractivity contribution in [2.75, 3.05) is 0 Å². The van der Waals surface area contributed by atoms with Crippen LogP contribution in [0.1, 0.15) is 958 Å². The van der Waals surface area contributed by atoms with Crippen LogP contribution in [0.5, 0.6) is 0 Å². The Bertz CT molecular complexity index is 0. The van der Waals surface area contributed by atoms with Crippen LogP contribution in [0.2, 0.25) is 0 Å². The second-order valence-electron chi connectivity index (χ2n) is 0. The third kappa shape index (κ3) is 0. The highest BCUT2D eigenvalue weighted by molar-refractivity contribution is 2.63. The average Bonchev–Trinajstić information content (AvgIpc) is 0. The fourth-order valence-electron chi connectivity index (χ4n) is 0. The second kappa shape index (κ2) is 0. The van der Waals surface area contributed by atoms with Crippen LogP contribution in [-0.2, 0) is 0 Å². The molecule has 0 aromatic heterocycles.